The smallest absolute Gasteiger partial charge is 0.343 e. The number of rotatable bonds is 5. The fourth-order valence-corrected chi connectivity index (χ4v) is 1.90. The lowest BCUT2D eigenvalue weighted by molar-refractivity contribution is -0.132. The summed E-state index contributed by atoms with van der Waals surface area (Å²) in [5, 5.41) is 16.1. The Bertz CT molecular complexity index is 806. The Kier molecular flexibility index (Phi) is 5.11. The SMILES string of the molecule is C/C(=C\c1ccc(C(=O)Oc2ccc(C(=N)N)cc2)cc1)C(=O)O. The van der Waals surface area contributed by atoms with E-state index in [1.54, 1.807) is 48.5 Å². The molecule has 24 heavy (non-hydrogen) atoms. The minimum absolute atomic E-state index is 0.0619. The number of ether oxygens (including phenoxy) is 1. The number of nitrogens with two attached hydrogens (primary N) is 1. The average molecular weight is 324 g/mol. The molecular formula is C18H16N2O4. The van der Waals surface area contributed by atoms with E-state index < -0.39 is 11.9 Å². The van der Waals surface area contributed by atoms with Gasteiger partial charge in [0.2, 0.25) is 0 Å². The van der Waals surface area contributed by atoms with Crippen molar-refractivity contribution in [2.45, 2.75) is 6.92 Å². The first-order valence-electron chi connectivity index (χ1n) is 7.05. The maximum atomic E-state index is 12.1. The van der Waals surface area contributed by atoms with E-state index in [1.165, 1.54) is 13.0 Å². The van der Waals surface area contributed by atoms with Crippen molar-refractivity contribution in [3.05, 3.63) is 70.8 Å². The van der Waals surface area contributed by atoms with Gasteiger partial charge < -0.3 is 15.6 Å². The zero-order chi connectivity index (χ0) is 17.7. The van der Waals surface area contributed by atoms with Crippen molar-refractivity contribution >= 4 is 23.9 Å². The van der Waals surface area contributed by atoms with Gasteiger partial charge in [-0.2, -0.15) is 0 Å². The summed E-state index contributed by atoms with van der Waals surface area (Å²) in [6, 6.07) is 12.7. The van der Waals surface area contributed by atoms with Crippen molar-refractivity contribution in [3.8, 4) is 5.75 Å². The van der Waals surface area contributed by atoms with E-state index in [-0.39, 0.29) is 11.4 Å². The van der Waals surface area contributed by atoms with Gasteiger partial charge in [0.25, 0.3) is 0 Å². The lowest BCUT2D eigenvalue weighted by Gasteiger charge is -2.06. The van der Waals surface area contributed by atoms with Crippen LogP contribution in [0, 0.1) is 5.41 Å². The maximum Gasteiger partial charge on any atom is 0.343 e. The summed E-state index contributed by atoms with van der Waals surface area (Å²) < 4.78 is 5.23. The van der Waals surface area contributed by atoms with E-state index in [2.05, 4.69) is 0 Å². The molecule has 0 amide bonds. The fourth-order valence-electron chi connectivity index (χ4n) is 1.90. The van der Waals surface area contributed by atoms with Crippen LogP contribution in [-0.4, -0.2) is 22.9 Å². The van der Waals surface area contributed by atoms with Crippen LogP contribution in [-0.2, 0) is 4.79 Å². The first-order valence-corrected chi connectivity index (χ1v) is 7.05. The van der Waals surface area contributed by atoms with Crippen LogP contribution in [0.2, 0.25) is 0 Å². The van der Waals surface area contributed by atoms with Gasteiger partial charge in [0.05, 0.1) is 5.56 Å². The fraction of sp³-hybridized carbons (Fsp3) is 0.0556. The third-order valence-electron chi connectivity index (χ3n) is 3.24. The van der Waals surface area contributed by atoms with Crippen molar-refractivity contribution in [3.63, 3.8) is 0 Å². The second-order valence-corrected chi connectivity index (χ2v) is 5.08. The average Bonchev–Trinajstić information content (AvgIpc) is 2.55. The second kappa shape index (κ2) is 7.23. The highest BCUT2D eigenvalue weighted by molar-refractivity contribution is 5.95. The normalized spacial score (nSPS) is 11.0. The third kappa shape index (κ3) is 4.30. The molecule has 0 unspecified atom stereocenters. The minimum Gasteiger partial charge on any atom is -0.478 e. The van der Waals surface area contributed by atoms with Crippen LogP contribution in [0.25, 0.3) is 6.08 Å². The molecular weight excluding hydrogens is 308 g/mol. The lowest BCUT2D eigenvalue weighted by Crippen LogP contribution is -2.11. The van der Waals surface area contributed by atoms with Gasteiger partial charge in [-0.25, -0.2) is 9.59 Å². The molecule has 0 aliphatic carbocycles. The van der Waals surface area contributed by atoms with E-state index in [9.17, 15) is 9.59 Å². The molecule has 6 heteroatoms. The Morgan fingerprint density at radius 3 is 2.08 bits per heavy atom. The molecule has 2 aromatic carbocycles. The predicted molar refractivity (Wildman–Crippen MR) is 90.1 cm³/mol. The van der Waals surface area contributed by atoms with E-state index in [1.807, 2.05) is 0 Å². The Balaban J connectivity index is 2.08. The number of carboxylic acid groups (broad SMARTS) is 1. The largest absolute Gasteiger partial charge is 0.478 e. The molecule has 2 aromatic rings. The molecule has 0 spiro atoms. The maximum absolute atomic E-state index is 12.1. The van der Waals surface area contributed by atoms with Gasteiger partial charge in [-0.3, -0.25) is 5.41 Å². The van der Waals surface area contributed by atoms with Crippen molar-refractivity contribution < 1.29 is 19.4 Å². The summed E-state index contributed by atoms with van der Waals surface area (Å²) in [6.45, 7) is 1.50. The number of carbonyl (C=O) groups excluding carboxylic acids is 1. The lowest BCUT2D eigenvalue weighted by atomic mass is 10.1. The molecule has 0 fully saturated rings. The monoisotopic (exact) mass is 324 g/mol. The van der Waals surface area contributed by atoms with Crippen LogP contribution < -0.4 is 10.5 Å². The molecule has 0 aliphatic heterocycles. The summed E-state index contributed by atoms with van der Waals surface area (Å²) >= 11 is 0. The number of aliphatic carboxylic acids is 1. The number of carboxylic acids is 1. The van der Waals surface area contributed by atoms with Gasteiger partial charge in [-0.05, 0) is 55.0 Å². The molecule has 6 nitrogen and oxygen atoms in total. The van der Waals surface area contributed by atoms with E-state index in [0.29, 0.717) is 22.4 Å². The number of esters is 1. The quantitative estimate of drug-likeness (QED) is 0.257. The molecule has 0 heterocycles. The standard InChI is InChI=1S/C18H16N2O4/c1-11(17(21)22)10-12-2-4-14(5-3-12)18(23)24-15-8-6-13(7-9-15)16(19)20/h2-10H,1H3,(H3,19,20)(H,21,22)/b11-10+. The molecule has 4 N–H and O–H groups in total. The van der Waals surface area contributed by atoms with Crippen LogP contribution in [0.5, 0.6) is 5.75 Å². The summed E-state index contributed by atoms with van der Waals surface area (Å²) in [6.07, 6.45) is 1.51. The van der Waals surface area contributed by atoms with Crippen molar-refractivity contribution in [2.24, 2.45) is 5.73 Å². The van der Waals surface area contributed by atoms with E-state index in [0.717, 1.165) is 0 Å². The molecule has 122 valence electrons. The molecule has 0 saturated carbocycles. The molecule has 0 atom stereocenters. The van der Waals surface area contributed by atoms with Crippen LogP contribution in [0.3, 0.4) is 0 Å². The molecule has 2 rings (SSSR count). The van der Waals surface area contributed by atoms with Gasteiger partial charge in [-0.15, -0.1) is 0 Å². The first-order chi connectivity index (χ1) is 11.4. The molecule has 0 aromatic heterocycles. The zero-order valence-electron chi connectivity index (χ0n) is 12.9. The third-order valence-corrected chi connectivity index (χ3v) is 3.24. The number of hydrogen-bond donors (Lipinski definition) is 3. The zero-order valence-corrected chi connectivity index (χ0v) is 12.9. The highest BCUT2D eigenvalue weighted by Gasteiger charge is 2.09. The van der Waals surface area contributed by atoms with Gasteiger partial charge in [-0.1, -0.05) is 12.1 Å². The van der Waals surface area contributed by atoms with Gasteiger partial charge in [0, 0.05) is 11.1 Å². The van der Waals surface area contributed by atoms with Crippen molar-refractivity contribution in [1.29, 1.82) is 5.41 Å². The van der Waals surface area contributed by atoms with E-state index >= 15 is 0 Å². The van der Waals surface area contributed by atoms with Gasteiger partial charge in [0.1, 0.15) is 11.6 Å². The van der Waals surface area contributed by atoms with E-state index in [4.69, 9.17) is 21.0 Å². The van der Waals surface area contributed by atoms with Crippen molar-refractivity contribution in [1.82, 2.24) is 0 Å². The molecule has 0 aliphatic rings. The second-order valence-electron chi connectivity index (χ2n) is 5.08. The van der Waals surface area contributed by atoms with Crippen LogP contribution in [0.15, 0.2) is 54.1 Å². The molecule has 0 saturated heterocycles. The number of nitrogen functional groups attached to an aromatic ring is 1. The Morgan fingerprint density at radius 1 is 1.04 bits per heavy atom. The highest BCUT2D eigenvalue weighted by atomic mass is 16.5. The Morgan fingerprint density at radius 2 is 1.58 bits per heavy atom. The molecule has 0 radical (unpaired) electrons. The summed E-state index contributed by atoms with van der Waals surface area (Å²) in [7, 11) is 0. The first kappa shape index (κ1) is 17.0. The van der Waals surface area contributed by atoms with Crippen LogP contribution in [0.4, 0.5) is 0 Å². The number of hydrogen-bond acceptors (Lipinski definition) is 4. The van der Waals surface area contributed by atoms with Gasteiger partial charge in [0.15, 0.2) is 0 Å². The number of nitrogens with one attached hydrogen (secondary N) is 1. The van der Waals surface area contributed by atoms with Crippen LogP contribution in [0.1, 0.15) is 28.4 Å². The van der Waals surface area contributed by atoms with Crippen LogP contribution >= 0.6 is 0 Å². The van der Waals surface area contributed by atoms with Crippen molar-refractivity contribution in [2.75, 3.05) is 0 Å². The Hall–Kier alpha value is -3.41. The predicted octanol–water partition coefficient (Wildman–Crippen LogP) is 2.68. The topological polar surface area (TPSA) is 113 Å². The minimum atomic E-state index is -0.993. The van der Waals surface area contributed by atoms with Gasteiger partial charge >= 0.3 is 11.9 Å². The number of carbonyl (C=O) groups is 2. The summed E-state index contributed by atoms with van der Waals surface area (Å²) in [5.74, 6) is -1.24. The summed E-state index contributed by atoms with van der Waals surface area (Å²) in [5.41, 5.74) is 7.12. The summed E-state index contributed by atoms with van der Waals surface area (Å²) in [4.78, 5) is 22.9. The number of benzene rings is 2. The number of amidine groups is 1. The highest BCUT2D eigenvalue weighted by Crippen LogP contribution is 2.15. The molecule has 0 bridgehead atoms. The Labute approximate surface area is 138 Å².